The zero-order valence-electron chi connectivity index (χ0n) is 15.3. The number of hydrogen-bond donors (Lipinski definition) is 0. The van der Waals surface area contributed by atoms with E-state index in [-0.39, 0.29) is 0 Å². The SMILES string of the molecule is O=C(Cl)c1ccc(OCCN2CCCCC2)cc1.c1ccc2occc2c1. The van der Waals surface area contributed by atoms with Crippen LogP contribution in [0.2, 0.25) is 0 Å². The summed E-state index contributed by atoms with van der Waals surface area (Å²) in [7, 11) is 0. The Balaban J connectivity index is 0.000000193. The van der Waals surface area contributed by atoms with Gasteiger partial charge in [0.2, 0.25) is 0 Å². The molecule has 1 fully saturated rings. The first-order valence-corrected chi connectivity index (χ1v) is 9.67. The van der Waals surface area contributed by atoms with E-state index in [1.165, 1.54) is 32.4 Å². The van der Waals surface area contributed by atoms with E-state index < -0.39 is 5.24 Å². The van der Waals surface area contributed by atoms with Gasteiger partial charge in [0.15, 0.2) is 0 Å². The van der Waals surface area contributed by atoms with Crippen LogP contribution in [0.4, 0.5) is 0 Å². The maximum Gasteiger partial charge on any atom is 0.252 e. The van der Waals surface area contributed by atoms with Crippen molar-refractivity contribution in [3.63, 3.8) is 0 Å². The van der Waals surface area contributed by atoms with Gasteiger partial charge in [-0.1, -0.05) is 24.6 Å². The molecule has 0 unspecified atom stereocenters. The monoisotopic (exact) mass is 385 g/mol. The van der Waals surface area contributed by atoms with E-state index in [9.17, 15) is 4.79 Å². The van der Waals surface area contributed by atoms with Gasteiger partial charge in [0.25, 0.3) is 5.24 Å². The summed E-state index contributed by atoms with van der Waals surface area (Å²) in [4.78, 5) is 13.3. The van der Waals surface area contributed by atoms with Crippen molar-refractivity contribution in [3.8, 4) is 5.75 Å². The molecule has 5 heteroatoms. The first kappa shape index (κ1) is 19.5. The fourth-order valence-corrected chi connectivity index (χ4v) is 3.19. The topological polar surface area (TPSA) is 42.7 Å². The van der Waals surface area contributed by atoms with E-state index >= 15 is 0 Å². The molecule has 0 radical (unpaired) electrons. The fourth-order valence-electron chi connectivity index (χ4n) is 3.06. The summed E-state index contributed by atoms with van der Waals surface area (Å²) >= 11 is 5.38. The predicted octanol–water partition coefficient (Wildman–Crippen LogP) is 5.36. The van der Waals surface area contributed by atoms with Crippen LogP contribution in [0, 0.1) is 0 Å². The summed E-state index contributed by atoms with van der Waals surface area (Å²) in [5.41, 5.74) is 1.46. The maximum atomic E-state index is 10.9. The van der Waals surface area contributed by atoms with Gasteiger partial charge >= 0.3 is 0 Å². The predicted molar refractivity (Wildman–Crippen MR) is 109 cm³/mol. The molecule has 0 bridgehead atoms. The molecule has 1 saturated heterocycles. The number of furan rings is 1. The highest BCUT2D eigenvalue weighted by molar-refractivity contribution is 6.67. The molecule has 0 spiro atoms. The Labute approximate surface area is 164 Å². The van der Waals surface area contributed by atoms with Crippen molar-refractivity contribution in [1.29, 1.82) is 0 Å². The molecule has 2 aromatic carbocycles. The minimum absolute atomic E-state index is 0.435. The van der Waals surface area contributed by atoms with Crippen molar-refractivity contribution in [2.75, 3.05) is 26.2 Å². The molecule has 2 heterocycles. The Hall–Kier alpha value is -2.30. The third-order valence-corrected chi connectivity index (χ3v) is 4.79. The number of carbonyl (C=O) groups excluding carboxylic acids is 1. The normalized spacial score (nSPS) is 14.4. The molecule has 0 saturated carbocycles. The van der Waals surface area contributed by atoms with Crippen LogP contribution < -0.4 is 4.74 Å². The van der Waals surface area contributed by atoms with Crippen molar-refractivity contribution >= 4 is 27.8 Å². The van der Waals surface area contributed by atoms with Gasteiger partial charge in [-0.2, -0.15) is 0 Å². The highest BCUT2D eigenvalue weighted by atomic mass is 35.5. The van der Waals surface area contributed by atoms with Crippen LogP contribution in [-0.2, 0) is 0 Å². The number of benzene rings is 2. The van der Waals surface area contributed by atoms with Crippen LogP contribution in [0.3, 0.4) is 0 Å². The van der Waals surface area contributed by atoms with Crippen LogP contribution in [0.15, 0.2) is 65.3 Å². The van der Waals surface area contributed by atoms with Gasteiger partial charge in [-0.25, -0.2) is 0 Å². The summed E-state index contributed by atoms with van der Waals surface area (Å²) in [6, 6.07) is 16.8. The lowest BCUT2D eigenvalue weighted by Crippen LogP contribution is -2.33. The molecule has 1 aromatic heterocycles. The van der Waals surface area contributed by atoms with Crippen LogP contribution >= 0.6 is 11.6 Å². The van der Waals surface area contributed by atoms with Crippen molar-refractivity contribution < 1.29 is 13.9 Å². The lowest BCUT2D eigenvalue weighted by molar-refractivity contribution is 0.108. The summed E-state index contributed by atoms with van der Waals surface area (Å²) in [6.45, 7) is 4.02. The number of rotatable bonds is 5. The largest absolute Gasteiger partial charge is 0.492 e. The van der Waals surface area contributed by atoms with Crippen molar-refractivity contribution in [3.05, 3.63) is 66.4 Å². The number of likely N-dealkylation sites (tertiary alicyclic amines) is 1. The third kappa shape index (κ3) is 6.12. The number of piperidine rings is 1. The molecular weight excluding hydrogens is 362 g/mol. The van der Waals surface area contributed by atoms with Crippen molar-refractivity contribution in [1.82, 2.24) is 4.90 Å². The van der Waals surface area contributed by atoms with E-state index in [4.69, 9.17) is 20.8 Å². The van der Waals surface area contributed by atoms with Crippen LogP contribution in [0.25, 0.3) is 11.0 Å². The summed E-state index contributed by atoms with van der Waals surface area (Å²) in [5, 5.41) is 0.729. The number of ether oxygens (including phenoxy) is 1. The minimum Gasteiger partial charge on any atom is -0.492 e. The van der Waals surface area contributed by atoms with Crippen LogP contribution in [0.1, 0.15) is 29.6 Å². The molecule has 0 atom stereocenters. The van der Waals surface area contributed by atoms with Crippen LogP contribution in [0.5, 0.6) is 5.75 Å². The highest BCUT2D eigenvalue weighted by Crippen LogP contribution is 2.14. The maximum absolute atomic E-state index is 10.9. The molecule has 142 valence electrons. The van der Waals surface area contributed by atoms with Gasteiger partial charge in [0.05, 0.1) is 6.26 Å². The van der Waals surface area contributed by atoms with E-state index in [0.717, 1.165) is 23.3 Å². The third-order valence-electron chi connectivity index (χ3n) is 4.57. The highest BCUT2D eigenvalue weighted by Gasteiger charge is 2.09. The molecule has 4 rings (SSSR count). The van der Waals surface area contributed by atoms with Crippen LogP contribution in [-0.4, -0.2) is 36.4 Å². The second kappa shape index (κ2) is 10.1. The van der Waals surface area contributed by atoms with E-state index in [1.54, 1.807) is 30.5 Å². The number of halogens is 1. The summed E-state index contributed by atoms with van der Waals surface area (Å²) in [5.74, 6) is 0.786. The number of carbonyl (C=O) groups is 1. The summed E-state index contributed by atoms with van der Waals surface area (Å²) < 4.78 is 10.8. The molecule has 0 aliphatic carbocycles. The van der Waals surface area contributed by atoms with Gasteiger partial charge in [0.1, 0.15) is 17.9 Å². The number of nitrogens with zero attached hydrogens (tertiary/aromatic N) is 1. The Kier molecular flexibility index (Phi) is 7.31. The quantitative estimate of drug-likeness (QED) is 0.554. The minimum atomic E-state index is -0.435. The zero-order valence-corrected chi connectivity index (χ0v) is 16.0. The standard InChI is InChI=1S/C14H18ClNO2.C8H6O/c15-14(17)12-4-6-13(7-5-12)18-11-10-16-8-2-1-3-9-16;1-2-4-8-7(3-1)5-6-9-8/h4-7H,1-3,8-11H2;1-6H. The van der Waals surface area contributed by atoms with Gasteiger partial charge < -0.3 is 9.15 Å². The molecule has 4 nitrogen and oxygen atoms in total. The smallest absolute Gasteiger partial charge is 0.252 e. The second-order valence-corrected chi connectivity index (χ2v) is 6.85. The Bertz CT molecular complexity index is 808. The zero-order chi connectivity index (χ0) is 18.9. The molecule has 27 heavy (non-hydrogen) atoms. The van der Waals surface area contributed by atoms with Gasteiger partial charge in [-0.3, -0.25) is 9.69 Å². The molecule has 0 N–H and O–H groups in total. The number of hydrogen-bond acceptors (Lipinski definition) is 4. The van der Waals surface area contributed by atoms with E-state index in [1.807, 2.05) is 30.3 Å². The van der Waals surface area contributed by atoms with Gasteiger partial charge in [-0.05, 0) is 73.9 Å². The van der Waals surface area contributed by atoms with E-state index in [2.05, 4.69) is 4.90 Å². The Morgan fingerprint density at radius 1 is 1.00 bits per heavy atom. The average molecular weight is 386 g/mol. The lowest BCUT2D eigenvalue weighted by atomic mass is 10.1. The second-order valence-electron chi connectivity index (χ2n) is 6.51. The Morgan fingerprint density at radius 2 is 1.74 bits per heavy atom. The van der Waals surface area contributed by atoms with Gasteiger partial charge in [-0.15, -0.1) is 0 Å². The number of fused-ring (bicyclic) bond motifs is 1. The number of para-hydroxylation sites is 1. The first-order chi connectivity index (χ1) is 13.2. The molecule has 1 aliphatic rings. The van der Waals surface area contributed by atoms with Gasteiger partial charge in [0, 0.05) is 17.5 Å². The fraction of sp³-hybridized carbons (Fsp3) is 0.318. The van der Waals surface area contributed by atoms with Crippen molar-refractivity contribution in [2.24, 2.45) is 0 Å². The summed E-state index contributed by atoms with van der Waals surface area (Å²) in [6.07, 6.45) is 5.65. The van der Waals surface area contributed by atoms with E-state index in [0.29, 0.717) is 12.2 Å². The average Bonchev–Trinajstić information content (AvgIpc) is 3.19. The molecule has 3 aromatic rings. The first-order valence-electron chi connectivity index (χ1n) is 9.30. The Morgan fingerprint density at radius 3 is 2.44 bits per heavy atom. The lowest BCUT2D eigenvalue weighted by Gasteiger charge is -2.26. The molecular formula is C22H24ClNO3. The molecule has 0 amide bonds. The van der Waals surface area contributed by atoms with Crippen molar-refractivity contribution in [2.45, 2.75) is 19.3 Å². The molecule has 1 aliphatic heterocycles.